The van der Waals surface area contributed by atoms with E-state index >= 15 is 0 Å². The molecule has 35 heavy (non-hydrogen) atoms. The number of sulfonamides is 1. The van der Waals surface area contributed by atoms with Gasteiger partial charge in [0.05, 0.1) is 5.92 Å². The predicted octanol–water partition coefficient (Wildman–Crippen LogP) is 5.12. The number of para-hydroxylation sites is 1. The molecule has 2 aromatic carbocycles. The first-order chi connectivity index (χ1) is 16.7. The van der Waals surface area contributed by atoms with Gasteiger partial charge in [-0.3, -0.25) is 4.79 Å². The van der Waals surface area contributed by atoms with E-state index in [1.807, 2.05) is 57.2 Å². The van der Waals surface area contributed by atoms with Gasteiger partial charge in [-0.1, -0.05) is 47.1 Å². The number of aromatic nitrogens is 1. The number of rotatable bonds is 6. The fraction of sp³-hybridized carbons (Fsp3) is 0.333. The summed E-state index contributed by atoms with van der Waals surface area (Å²) in [7, 11) is -3.90. The smallest absolute Gasteiger partial charge is 0.248 e. The van der Waals surface area contributed by atoms with Crippen molar-refractivity contribution in [3.05, 3.63) is 76.2 Å². The molecule has 0 saturated carbocycles. The predicted molar refractivity (Wildman–Crippen MR) is 137 cm³/mol. The standard InChI is InChI=1S/C27H31N3O4S/c1-18-15-19(2)24(20(3)16-18)12-13-25-26(21(4)29-34-25)35(32,33)30-14-8-9-22(17-30)27(31)28-23-10-6-5-7-11-23/h5-7,10-13,15-16,22H,8-9,14,17H2,1-4H3,(H,28,31)/b13-12+/t22-/m0/s1. The number of aryl methyl sites for hydroxylation is 4. The molecule has 8 heteroatoms. The van der Waals surface area contributed by atoms with E-state index in [0.717, 1.165) is 16.7 Å². The Labute approximate surface area is 206 Å². The van der Waals surface area contributed by atoms with Gasteiger partial charge in [-0.05, 0) is 75.4 Å². The summed E-state index contributed by atoms with van der Waals surface area (Å²) in [6.07, 6.45) is 4.77. The number of nitrogens with zero attached hydrogens (tertiary/aromatic N) is 2. The van der Waals surface area contributed by atoms with E-state index in [4.69, 9.17) is 4.52 Å². The number of benzene rings is 2. The van der Waals surface area contributed by atoms with Gasteiger partial charge in [0.1, 0.15) is 5.69 Å². The second-order valence-electron chi connectivity index (χ2n) is 9.16. The zero-order valence-corrected chi connectivity index (χ0v) is 21.4. The number of piperidine rings is 1. The second kappa shape index (κ2) is 10.2. The molecule has 1 aliphatic heterocycles. The molecule has 184 valence electrons. The maximum absolute atomic E-state index is 13.7. The number of nitrogens with one attached hydrogen (secondary N) is 1. The highest BCUT2D eigenvalue weighted by molar-refractivity contribution is 7.89. The summed E-state index contributed by atoms with van der Waals surface area (Å²) in [5, 5.41) is 6.84. The molecule has 1 amide bonds. The van der Waals surface area contributed by atoms with Crippen molar-refractivity contribution in [1.82, 2.24) is 9.46 Å². The van der Waals surface area contributed by atoms with E-state index in [2.05, 4.69) is 22.6 Å². The van der Waals surface area contributed by atoms with Crippen LogP contribution in [0.4, 0.5) is 5.69 Å². The van der Waals surface area contributed by atoms with Crippen molar-refractivity contribution >= 4 is 33.8 Å². The Hall–Kier alpha value is -3.23. The number of carbonyl (C=O) groups excluding carboxylic acids is 1. The lowest BCUT2D eigenvalue weighted by atomic mass is 9.99. The lowest BCUT2D eigenvalue weighted by Gasteiger charge is -2.31. The summed E-state index contributed by atoms with van der Waals surface area (Å²) in [5.41, 5.74) is 5.39. The molecule has 1 fully saturated rings. The molecule has 1 N–H and O–H groups in total. The highest BCUT2D eigenvalue weighted by atomic mass is 32.2. The average Bonchev–Trinajstić information content (AvgIpc) is 3.20. The maximum atomic E-state index is 13.7. The average molecular weight is 494 g/mol. The molecule has 3 aromatic rings. The minimum Gasteiger partial charge on any atom is -0.355 e. The molecule has 1 atom stereocenters. The molecular formula is C27H31N3O4S. The highest BCUT2D eigenvalue weighted by Crippen LogP contribution is 2.30. The Bertz CT molecular complexity index is 1340. The maximum Gasteiger partial charge on any atom is 0.248 e. The molecule has 1 saturated heterocycles. The summed E-state index contributed by atoms with van der Waals surface area (Å²) in [4.78, 5) is 12.9. The van der Waals surface area contributed by atoms with E-state index in [1.54, 1.807) is 13.0 Å². The van der Waals surface area contributed by atoms with E-state index in [1.165, 1.54) is 9.87 Å². The number of hydrogen-bond acceptors (Lipinski definition) is 5. The Kier molecular flexibility index (Phi) is 7.23. The van der Waals surface area contributed by atoms with Crippen molar-refractivity contribution in [2.75, 3.05) is 18.4 Å². The molecule has 0 aliphatic carbocycles. The molecule has 1 aromatic heterocycles. The highest BCUT2D eigenvalue weighted by Gasteiger charge is 2.37. The van der Waals surface area contributed by atoms with Gasteiger partial charge in [-0.2, -0.15) is 4.31 Å². The Morgan fingerprint density at radius 3 is 2.46 bits per heavy atom. The van der Waals surface area contributed by atoms with Gasteiger partial charge in [0.2, 0.25) is 15.9 Å². The molecule has 4 rings (SSSR count). The van der Waals surface area contributed by atoms with Crippen LogP contribution in [-0.4, -0.2) is 36.9 Å². The van der Waals surface area contributed by atoms with Crippen molar-refractivity contribution in [2.24, 2.45) is 5.92 Å². The fourth-order valence-corrected chi connectivity index (χ4v) is 6.46. The lowest BCUT2D eigenvalue weighted by Crippen LogP contribution is -2.43. The Morgan fingerprint density at radius 2 is 1.77 bits per heavy atom. The van der Waals surface area contributed by atoms with Crippen LogP contribution in [0.3, 0.4) is 0 Å². The number of anilines is 1. The molecule has 0 spiro atoms. The Balaban J connectivity index is 1.57. The fourth-order valence-electron chi connectivity index (χ4n) is 4.68. The normalized spacial score (nSPS) is 17.1. The van der Waals surface area contributed by atoms with Crippen LogP contribution in [0.15, 0.2) is 51.9 Å². The van der Waals surface area contributed by atoms with Gasteiger partial charge >= 0.3 is 0 Å². The number of hydrogen-bond donors (Lipinski definition) is 1. The third-order valence-corrected chi connectivity index (χ3v) is 8.39. The van der Waals surface area contributed by atoms with Gasteiger partial charge in [0.15, 0.2) is 10.7 Å². The van der Waals surface area contributed by atoms with Crippen molar-refractivity contribution in [2.45, 2.75) is 45.4 Å². The first kappa shape index (κ1) is 24.9. The first-order valence-corrected chi connectivity index (χ1v) is 13.2. The first-order valence-electron chi connectivity index (χ1n) is 11.7. The number of carbonyl (C=O) groups is 1. The van der Waals surface area contributed by atoms with Crippen LogP contribution in [0.1, 0.15) is 46.5 Å². The molecule has 0 radical (unpaired) electrons. The quantitative estimate of drug-likeness (QED) is 0.515. The van der Waals surface area contributed by atoms with Crippen LogP contribution in [0, 0.1) is 33.6 Å². The van der Waals surface area contributed by atoms with Gasteiger partial charge in [0.25, 0.3) is 0 Å². The van der Waals surface area contributed by atoms with Crippen LogP contribution in [0.2, 0.25) is 0 Å². The molecule has 0 unspecified atom stereocenters. The van der Waals surface area contributed by atoms with Crippen LogP contribution in [0.25, 0.3) is 12.2 Å². The Morgan fingerprint density at radius 1 is 1.09 bits per heavy atom. The monoisotopic (exact) mass is 493 g/mol. The SMILES string of the molecule is Cc1cc(C)c(/C=C/c2onc(C)c2S(=O)(=O)N2CCC[C@H](C(=O)Nc3ccccc3)C2)c(C)c1. The van der Waals surface area contributed by atoms with E-state index < -0.39 is 15.9 Å². The lowest BCUT2D eigenvalue weighted by molar-refractivity contribution is -0.120. The van der Waals surface area contributed by atoms with Gasteiger partial charge < -0.3 is 9.84 Å². The van der Waals surface area contributed by atoms with Crippen molar-refractivity contribution in [3.63, 3.8) is 0 Å². The molecular weight excluding hydrogens is 462 g/mol. The molecule has 1 aliphatic rings. The van der Waals surface area contributed by atoms with Gasteiger partial charge in [0, 0.05) is 18.8 Å². The third-order valence-electron chi connectivity index (χ3n) is 6.37. The summed E-state index contributed by atoms with van der Waals surface area (Å²) in [5.74, 6) is -0.419. The van der Waals surface area contributed by atoms with Crippen LogP contribution in [0.5, 0.6) is 0 Å². The topological polar surface area (TPSA) is 92.5 Å². The zero-order valence-electron chi connectivity index (χ0n) is 20.5. The minimum atomic E-state index is -3.90. The van der Waals surface area contributed by atoms with E-state index in [-0.39, 0.29) is 23.1 Å². The van der Waals surface area contributed by atoms with E-state index in [0.29, 0.717) is 30.8 Å². The largest absolute Gasteiger partial charge is 0.355 e. The number of amides is 1. The van der Waals surface area contributed by atoms with Crippen LogP contribution < -0.4 is 5.32 Å². The molecule has 7 nitrogen and oxygen atoms in total. The third kappa shape index (κ3) is 5.39. The summed E-state index contributed by atoms with van der Waals surface area (Å²) < 4.78 is 34.1. The van der Waals surface area contributed by atoms with Crippen molar-refractivity contribution in [3.8, 4) is 0 Å². The molecule has 2 heterocycles. The van der Waals surface area contributed by atoms with Crippen molar-refractivity contribution in [1.29, 1.82) is 0 Å². The van der Waals surface area contributed by atoms with Crippen molar-refractivity contribution < 1.29 is 17.7 Å². The summed E-state index contributed by atoms with van der Waals surface area (Å²) >= 11 is 0. The van der Waals surface area contributed by atoms with E-state index in [9.17, 15) is 13.2 Å². The van der Waals surface area contributed by atoms with Gasteiger partial charge in [-0.25, -0.2) is 8.42 Å². The minimum absolute atomic E-state index is 0.0558. The van der Waals surface area contributed by atoms with Gasteiger partial charge in [-0.15, -0.1) is 0 Å². The summed E-state index contributed by atoms with van der Waals surface area (Å²) in [6, 6.07) is 13.4. The second-order valence-corrected chi connectivity index (χ2v) is 11.0. The molecule has 0 bridgehead atoms. The summed E-state index contributed by atoms with van der Waals surface area (Å²) in [6.45, 7) is 8.19. The zero-order chi connectivity index (χ0) is 25.2. The van der Waals surface area contributed by atoms with Crippen LogP contribution in [-0.2, 0) is 14.8 Å². The van der Waals surface area contributed by atoms with Crippen LogP contribution >= 0.6 is 0 Å².